The molecule has 226 valence electrons. The van der Waals surface area contributed by atoms with Gasteiger partial charge in [-0.3, -0.25) is 14.3 Å². The van der Waals surface area contributed by atoms with E-state index in [2.05, 4.69) is 41.7 Å². The number of benzene rings is 3. The number of ether oxygens (including phenoxy) is 3. The summed E-state index contributed by atoms with van der Waals surface area (Å²) in [5.41, 5.74) is 4.46. The largest absolute Gasteiger partial charge is 0.625 e. The molecule has 9 heteroatoms. The van der Waals surface area contributed by atoms with Crippen molar-refractivity contribution in [1.29, 1.82) is 0 Å². The topological polar surface area (TPSA) is 100 Å². The van der Waals surface area contributed by atoms with E-state index in [1.807, 2.05) is 42.3 Å². The molecule has 1 aliphatic rings. The van der Waals surface area contributed by atoms with Crippen LogP contribution in [0.5, 0.6) is 17.2 Å². The second kappa shape index (κ2) is 15.9. The first-order chi connectivity index (χ1) is 20.2. The van der Waals surface area contributed by atoms with Gasteiger partial charge in [-0.2, -0.15) is 0 Å². The van der Waals surface area contributed by atoms with Gasteiger partial charge in [-0.05, 0) is 67.1 Å². The van der Waals surface area contributed by atoms with E-state index in [9.17, 15) is 14.8 Å². The van der Waals surface area contributed by atoms with E-state index < -0.39 is 4.65 Å². The highest BCUT2D eigenvalue weighted by Gasteiger charge is 2.36. The number of carbonyl (C=O) groups is 2. The fraction of sp³-hybridized carbons (Fsp3) is 0.394. The third-order valence-corrected chi connectivity index (χ3v) is 7.48. The monoisotopic (exact) mass is 577 g/mol. The molecule has 1 N–H and O–H groups in total. The molecule has 2 unspecified atom stereocenters. The highest BCUT2D eigenvalue weighted by Crippen LogP contribution is 2.41. The van der Waals surface area contributed by atoms with Crippen LogP contribution in [-0.2, 0) is 22.4 Å². The molecule has 2 amide bonds. The predicted molar refractivity (Wildman–Crippen MR) is 165 cm³/mol. The van der Waals surface area contributed by atoms with E-state index in [4.69, 9.17) is 14.2 Å². The number of aryl methyl sites for hydroxylation is 1. The standard InChI is InChI=1S/C22H28N2O5.C11H15NO/c1-23-13-21(25)24(2,26)14-18(23)10-15-6-8-16(9-7-15)17-11-19(27-3)22(29-5)20(12-17)28-4;13-10-12-9-5-4-8-11-6-2-1-3-7-11/h6-9,11-12,18H,10,13-14H2,1-5H3;1-3,6-7,10H,4-5,8-9H2,(H,12,13). The van der Waals surface area contributed by atoms with Crippen LogP contribution in [-0.4, -0.2) is 83.0 Å². The number of hydrogen-bond donors (Lipinski definition) is 1. The molecule has 1 heterocycles. The molecule has 0 aromatic heterocycles. The van der Waals surface area contributed by atoms with Gasteiger partial charge < -0.3 is 24.7 Å². The van der Waals surface area contributed by atoms with E-state index in [1.54, 1.807) is 21.3 Å². The fourth-order valence-electron chi connectivity index (χ4n) is 4.97. The van der Waals surface area contributed by atoms with Crippen LogP contribution in [0.3, 0.4) is 0 Å². The van der Waals surface area contributed by atoms with Crippen molar-refractivity contribution in [3.05, 3.63) is 83.1 Å². The van der Waals surface area contributed by atoms with Gasteiger partial charge in [0.25, 0.3) is 0 Å². The molecule has 3 aromatic carbocycles. The fourth-order valence-corrected chi connectivity index (χ4v) is 4.97. The number of quaternary nitrogens is 1. The number of unbranched alkanes of at least 4 members (excludes halogenated alkanes) is 1. The number of likely N-dealkylation sites (N-methyl/N-ethyl adjacent to an activating group) is 2. The van der Waals surface area contributed by atoms with Gasteiger partial charge in [0.2, 0.25) is 12.2 Å². The van der Waals surface area contributed by atoms with Gasteiger partial charge in [0.15, 0.2) is 11.5 Å². The molecule has 0 bridgehead atoms. The Balaban J connectivity index is 0.000000312. The summed E-state index contributed by atoms with van der Waals surface area (Å²) < 4.78 is 15.4. The zero-order valence-electron chi connectivity index (χ0n) is 25.3. The third kappa shape index (κ3) is 9.04. The zero-order valence-corrected chi connectivity index (χ0v) is 25.3. The Morgan fingerprint density at radius 1 is 0.929 bits per heavy atom. The normalized spacial score (nSPS) is 18.4. The molecule has 2 atom stereocenters. The maximum Gasteiger partial charge on any atom is 0.327 e. The Morgan fingerprint density at radius 2 is 1.57 bits per heavy atom. The van der Waals surface area contributed by atoms with Crippen molar-refractivity contribution < 1.29 is 28.4 Å². The molecule has 9 nitrogen and oxygen atoms in total. The summed E-state index contributed by atoms with van der Waals surface area (Å²) in [5, 5.41) is 15.0. The average Bonchev–Trinajstić information content (AvgIpc) is 3.00. The van der Waals surface area contributed by atoms with Crippen molar-refractivity contribution in [3.8, 4) is 28.4 Å². The van der Waals surface area contributed by atoms with Crippen LogP contribution in [0, 0.1) is 5.21 Å². The number of methoxy groups -OCH3 is 3. The van der Waals surface area contributed by atoms with Crippen molar-refractivity contribution in [2.45, 2.75) is 31.7 Å². The van der Waals surface area contributed by atoms with E-state index in [1.165, 1.54) is 12.6 Å². The third-order valence-electron chi connectivity index (χ3n) is 7.48. The lowest BCUT2D eigenvalue weighted by Crippen LogP contribution is -2.61. The predicted octanol–water partition coefficient (Wildman–Crippen LogP) is 4.46. The highest BCUT2D eigenvalue weighted by atomic mass is 16.6. The van der Waals surface area contributed by atoms with E-state index in [0.29, 0.717) is 17.2 Å². The average molecular weight is 578 g/mol. The molecular formula is C33H43N3O6. The van der Waals surface area contributed by atoms with Gasteiger partial charge >= 0.3 is 5.91 Å². The smallest absolute Gasteiger partial charge is 0.327 e. The lowest BCUT2D eigenvalue weighted by molar-refractivity contribution is -0.790. The summed E-state index contributed by atoms with van der Waals surface area (Å²) in [4.78, 5) is 23.8. The van der Waals surface area contributed by atoms with Crippen LogP contribution >= 0.6 is 0 Å². The number of nitrogens with zero attached hydrogens (tertiary/aromatic N) is 2. The molecule has 0 aliphatic carbocycles. The molecular weight excluding hydrogens is 534 g/mol. The molecule has 0 saturated carbocycles. The van der Waals surface area contributed by atoms with Crippen LogP contribution in [0.15, 0.2) is 66.7 Å². The van der Waals surface area contributed by atoms with Crippen LogP contribution in [0.2, 0.25) is 0 Å². The van der Waals surface area contributed by atoms with Gasteiger partial charge in [-0.1, -0.05) is 54.6 Å². The maximum absolute atomic E-state index is 12.3. The van der Waals surface area contributed by atoms with Gasteiger partial charge in [0.1, 0.15) is 13.1 Å². The van der Waals surface area contributed by atoms with Crippen LogP contribution < -0.4 is 19.5 Å². The molecule has 1 fully saturated rings. The number of piperazine rings is 1. The first-order valence-electron chi connectivity index (χ1n) is 14.1. The first-order valence-corrected chi connectivity index (χ1v) is 14.1. The van der Waals surface area contributed by atoms with E-state index >= 15 is 0 Å². The molecule has 4 rings (SSSR count). The van der Waals surface area contributed by atoms with Crippen molar-refractivity contribution in [2.24, 2.45) is 0 Å². The van der Waals surface area contributed by atoms with Gasteiger partial charge in [0, 0.05) is 6.54 Å². The second-order valence-corrected chi connectivity index (χ2v) is 10.6. The lowest BCUT2D eigenvalue weighted by Gasteiger charge is -2.45. The Hall–Kier alpha value is -3.92. The molecule has 0 spiro atoms. The first kappa shape index (κ1) is 32.6. The van der Waals surface area contributed by atoms with Crippen LogP contribution in [0.4, 0.5) is 0 Å². The van der Waals surface area contributed by atoms with Crippen molar-refractivity contribution in [3.63, 3.8) is 0 Å². The number of hydrogen-bond acceptors (Lipinski definition) is 7. The van der Waals surface area contributed by atoms with Gasteiger partial charge in [-0.15, -0.1) is 0 Å². The van der Waals surface area contributed by atoms with Crippen LogP contribution in [0.1, 0.15) is 24.0 Å². The SMILES string of the molecule is COc1cc(-c2ccc(CC3C[N+](C)([O-])C(=O)CN3C)cc2)cc(OC)c1OC.O=CNCCCCc1ccccc1. The Morgan fingerprint density at radius 3 is 2.14 bits per heavy atom. The Labute approximate surface area is 249 Å². The molecule has 0 radical (unpaired) electrons. The minimum atomic E-state index is -0.807. The summed E-state index contributed by atoms with van der Waals surface area (Å²) in [6, 6.07) is 22.4. The maximum atomic E-state index is 12.3. The van der Waals surface area contributed by atoms with Gasteiger partial charge in [0.05, 0.1) is 34.4 Å². The van der Waals surface area contributed by atoms with Gasteiger partial charge in [-0.25, -0.2) is 4.79 Å². The van der Waals surface area contributed by atoms with E-state index in [-0.39, 0.29) is 25.0 Å². The Kier molecular flexibility index (Phi) is 12.3. The molecule has 1 aliphatic heterocycles. The number of hydroxylamine groups is 3. The minimum absolute atomic E-state index is 0.0298. The van der Waals surface area contributed by atoms with E-state index in [0.717, 1.165) is 55.3 Å². The van der Waals surface area contributed by atoms with Crippen molar-refractivity contribution in [1.82, 2.24) is 10.2 Å². The molecule has 42 heavy (non-hydrogen) atoms. The van der Waals surface area contributed by atoms with Crippen molar-refractivity contribution in [2.75, 3.05) is 55.1 Å². The van der Waals surface area contributed by atoms with Crippen molar-refractivity contribution >= 4 is 12.3 Å². The zero-order chi connectivity index (χ0) is 30.5. The second-order valence-electron chi connectivity index (χ2n) is 10.6. The number of nitrogens with one attached hydrogen (secondary N) is 1. The minimum Gasteiger partial charge on any atom is -0.625 e. The van der Waals surface area contributed by atoms with Crippen LogP contribution in [0.25, 0.3) is 11.1 Å². The molecule has 1 saturated heterocycles. The summed E-state index contributed by atoms with van der Waals surface area (Å²) in [6.07, 6.45) is 4.75. The molecule has 3 aromatic rings. The summed E-state index contributed by atoms with van der Waals surface area (Å²) >= 11 is 0. The number of amides is 2. The summed E-state index contributed by atoms with van der Waals surface area (Å²) in [5.74, 6) is 1.48. The number of rotatable bonds is 12. The highest BCUT2D eigenvalue weighted by molar-refractivity contribution is 5.72. The number of carbonyl (C=O) groups excluding carboxylic acids is 2. The quantitative estimate of drug-likeness (QED) is 0.147. The Bertz CT molecular complexity index is 1260. The summed E-state index contributed by atoms with van der Waals surface area (Å²) in [7, 11) is 8.11. The summed E-state index contributed by atoms with van der Waals surface area (Å²) in [6.45, 7) is 1.24. The lowest BCUT2D eigenvalue weighted by atomic mass is 9.98.